The van der Waals surface area contributed by atoms with E-state index in [-0.39, 0.29) is 22.6 Å². The molecule has 5 nitrogen and oxygen atoms in total. The Morgan fingerprint density at radius 3 is 2.72 bits per heavy atom. The standard InChI is InChI=1S/C24H27N3O2/c1-16-20(17(2)26-23(29)21(16)14-25)11-12-22(28)27-15-19-10-6-7-13-24(19,27)18-8-4-3-5-9-18/h3-5,8-9,19H,6-7,10-13,15H2,1-2H3,(H,26,29)/t19-,24-/m0/s1. The molecule has 1 aliphatic heterocycles. The van der Waals surface area contributed by atoms with E-state index in [2.05, 4.69) is 34.1 Å². The first-order valence-electron chi connectivity index (χ1n) is 10.5. The van der Waals surface area contributed by atoms with Gasteiger partial charge in [-0.05, 0) is 49.8 Å². The lowest BCUT2D eigenvalue weighted by atomic mass is 9.61. The molecule has 1 saturated carbocycles. The molecule has 2 aliphatic rings. The van der Waals surface area contributed by atoms with Crippen LogP contribution < -0.4 is 5.56 Å². The van der Waals surface area contributed by atoms with E-state index in [1.54, 1.807) is 6.92 Å². The maximum atomic E-state index is 13.3. The van der Waals surface area contributed by atoms with Crippen molar-refractivity contribution in [1.29, 1.82) is 5.26 Å². The molecule has 1 aromatic heterocycles. The van der Waals surface area contributed by atoms with E-state index in [1.807, 2.05) is 19.1 Å². The van der Waals surface area contributed by atoms with E-state index < -0.39 is 0 Å². The number of likely N-dealkylation sites (tertiary alicyclic amines) is 1. The van der Waals surface area contributed by atoms with Crippen molar-refractivity contribution >= 4 is 5.91 Å². The van der Waals surface area contributed by atoms with Gasteiger partial charge in [0.1, 0.15) is 11.6 Å². The minimum atomic E-state index is -0.353. The number of aryl methyl sites for hydroxylation is 1. The molecule has 0 spiro atoms. The average Bonchev–Trinajstić information content (AvgIpc) is 2.69. The van der Waals surface area contributed by atoms with Gasteiger partial charge in [0.15, 0.2) is 0 Å². The first-order valence-corrected chi connectivity index (χ1v) is 10.5. The normalized spacial score (nSPS) is 23.1. The fourth-order valence-electron chi connectivity index (χ4n) is 5.47. The summed E-state index contributed by atoms with van der Waals surface area (Å²) in [6, 6.07) is 12.5. The van der Waals surface area contributed by atoms with Gasteiger partial charge in [-0.1, -0.05) is 43.2 Å². The Labute approximate surface area is 171 Å². The van der Waals surface area contributed by atoms with Gasteiger partial charge in [0, 0.05) is 24.6 Å². The SMILES string of the molecule is Cc1[nH]c(=O)c(C#N)c(C)c1CCC(=O)N1C[C@@H]2CCCC[C@]21c1ccccc1. The van der Waals surface area contributed by atoms with Crippen LogP contribution in [-0.4, -0.2) is 22.3 Å². The fraction of sp³-hybridized carbons (Fsp3) is 0.458. The lowest BCUT2D eigenvalue weighted by Gasteiger charge is -2.61. The number of pyridine rings is 1. The number of rotatable bonds is 4. The van der Waals surface area contributed by atoms with Crippen LogP contribution in [-0.2, 0) is 16.8 Å². The molecule has 150 valence electrons. The Morgan fingerprint density at radius 2 is 2.03 bits per heavy atom. The summed E-state index contributed by atoms with van der Waals surface area (Å²) in [5.41, 5.74) is 3.25. The third kappa shape index (κ3) is 3.07. The molecule has 1 amide bonds. The number of carbonyl (C=O) groups is 1. The summed E-state index contributed by atoms with van der Waals surface area (Å²) in [7, 11) is 0. The molecule has 1 saturated heterocycles. The van der Waals surface area contributed by atoms with E-state index in [1.165, 1.54) is 18.4 Å². The third-order valence-electron chi connectivity index (χ3n) is 7.00. The van der Waals surface area contributed by atoms with Crippen LogP contribution in [0.15, 0.2) is 35.1 Å². The largest absolute Gasteiger partial charge is 0.332 e. The van der Waals surface area contributed by atoms with Crippen LogP contribution >= 0.6 is 0 Å². The van der Waals surface area contributed by atoms with Crippen molar-refractivity contribution in [2.45, 2.75) is 57.9 Å². The average molecular weight is 389 g/mol. The van der Waals surface area contributed by atoms with E-state index in [9.17, 15) is 14.9 Å². The van der Waals surface area contributed by atoms with Gasteiger partial charge in [0.05, 0.1) is 5.54 Å². The van der Waals surface area contributed by atoms with E-state index in [0.29, 0.717) is 24.3 Å². The Bertz CT molecular complexity index is 1030. The quantitative estimate of drug-likeness (QED) is 0.866. The Kier molecular flexibility index (Phi) is 5.04. The number of fused-ring (bicyclic) bond motifs is 1. The zero-order valence-electron chi connectivity index (χ0n) is 17.1. The van der Waals surface area contributed by atoms with Gasteiger partial charge in [-0.25, -0.2) is 0 Å². The molecular formula is C24H27N3O2. The molecule has 2 aromatic rings. The molecule has 4 rings (SSSR count). The molecule has 5 heteroatoms. The van der Waals surface area contributed by atoms with E-state index >= 15 is 0 Å². The number of aromatic nitrogens is 1. The van der Waals surface area contributed by atoms with Gasteiger partial charge in [-0.15, -0.1) is 0 Å². The molecule has 2 atom stereocenters. The number of nitriles is 1. The molecule has 2 fully saturated rings. The topological polar surface area (TPSA) is 77.0 Å². The third-order valence-corrected chi connectivity index (χ3v) is 7.00. The lowest BCUT2D eigenvalue weighted by molar-refractivity contribution is -0.166. The van der Waals surface area contributed by atoms with Gasteiger partial charge in [0.2, 0.25) is 5.91 Å². The lowest BCUT2D eigenvalue weighted by Crippen LogP contribution is -2.67. The predicted octanol–water partition coefficient (Wildman–Crippen LogP) is 3.72. The van der Waals surface area contributed by atoms with Crippen LogP contribution in [0.5, 0.6) is 0 Å². The number of amides is 1. The number of carbonyl (C=O) groups excluding carboxylic acids is 1. The minimum Gasteiger partial charge on any atom is -0.332 e. The highest BCUT2D eigenvalue weighted by molar-refractivity contribution is 5.79. The van der Waals surface area contributed by atoms with Crippen molar-refractivity contribution in [2.24, 2.45) is 5.92 Å². The second-order valence-electron chi connectivity index (χ2n) is 8.41. The van der Waals surface area contributed by atoms with Gasteiger partial charge >= 0.3 is 0 Å². The maximum absolute atomic E-state index is 13.3. The van der Waals surface area contributed by atoms with Crippen LogP contribution in [0.25, 0.3) is 0 Å². The van der Waals surface area contributed by atoms with Crippen LogP contribution in [0.4, 0.5) is 0 Å². The summed E-state index contributed by atoms with van der Waals surface area (Å²) in [4.78, 5) is 30.1. The van der Waals surface area contributed by atoms with Crippen LogP contribution in [0, 0.1) is 31.1 Å². The highest BCUT2D eigenvalue weighted by atomic mass is 16.2. The molecule has 1 aromatic carbocycles. The summed E-state index contributed by atoms with van der Waals surface area (Å²) >= 11 is 0. The molecule has 2 heterocycles. The Morgan fingerprint density at radius 1 is 1.28 bits per heavy atom. The van der Waals surface area contributed by atoms with Gasteiger partial charge in [-0.2, -0.15) is 5.26 Å². The number of hydrogen-bond donors (Lipinski definition) is 1. The zero-order valence-corrected chi connectivity index (χ0v) is 17.1. The number of aromatic amines is 1. The van der Waals surface area contributed by atoms with Crippen molar-refractivity contribution in [2.75, 3.05) is 6.54 Å². The molecule has 29 heavy (non-hydrogen) atoms. The number of hydrogen-bond acceptors (Lipinski definition) is 3. The number of nitrogens with zero attached hydrogens (tertiary/aromatic N) is 2. The van der Waals surface area contributed by atoms with E-state index in [0.717, 1.165) is 30.6 Å². The number of nitrogens with one attached hydrogen (secondary N) is 1. The summed E-state index contributed by atoms with van der Waals surface area (Å²) in [6.45, 7) is 4.47. The van der Waals surface area contributed by atoms with Gasteiger partial charge in [-0.3, -0.25) is 9.59 Å². The van der Waals surface area contributed by atoms with Crippen molar-refractivity contribution < 1.29 is 4.79 Å². The maximum Gasteiger partial charge on any atom is 0.266 e. The zero-order chi connectivity index (χ0) is 20.6. The smallest absolute Gasteiger partial charge is 0.266 e. The first-order chi connectivity index (χ1) is 14.0. The number of H-pyrrole nitrogens is 1. The van der Waals surface area contributed by atoms with Crippen molar-refractivity contribution in [3.63, 3.8) is 0 Å². The molecule has 0 unspecified atom stereocenters. The molecule has 0 bridgehead atoms. The van der Waals surface area contributed by atoms with Crippen LogP contribution in [0.3, 0.4) is 0 Å². The molecule has 0 radical (unpaired) electrons. The Balaban J connectivity index is 1.57. The summed E-state index contributed by atoms with van der Waals surface area (Å²) in [6.07, 6.45) is 5.53. The Hall–Kier alpha value is -2.87. The van der Waals surface area contributed by atoms with Crippen LogP contribution in [0.2, 0.25) is 0 Å². The van der Waals surface area contributed by atoms with Crippen molar-refractivity contribution in [3.8, 4) is 6.07 Å². The van der Waals surface area contributed by atoms with Crippen LogP contribution in [0.1, 0.15) is 60.1 Å². The minimum absolute atomic E-state index is 0.148. The highest BCUT2D eigenvalue weighted by Gasteiger charge is 2.56. The second kappa shape index (κ2) is 7.51. The second-order valence-corrected chi connectivity index (χ2v) is 8.41. The summed E-state index contributed by atoms with van der Waals surface area (Å²) in [5.74, 6) is 0.708. The van der Waals surface area contributed by atoms with E-state index in [4.69, 9.17) is 0 Å². The molecule has 1 aliphatic carbocycles. The predicted molar refractivity (Wildman–Crippen MR) is 111 cm³/mol. The first kappa shape index (κ1) is 19.4. The molecule has 1 N–H and O–H groups in total. The summed E-state index contributed by atoms with van der Waals surface area (Å²) < 4.78 is 0. The monoisotopic (exact) mass is 389 g/mol. The number of benzene rings is 1. The molecular weight excluding hydrogens is 362 g/mol. The van der Waals surface area contributed by atoms with Gasteiger partial charge in [0.25, 0.3) is 5.56 Å². The summed E-state index contributed by atoms with van der Waals surface area (Å²) in [5, 5.41) is 9.27. The van der Waals surface area contributed by atoms with Crippen molar-refractivity contribution in [1.82, 2.24) is 9.88 Å². The highest BCUT2D eigenvalue weighted by Crippen LogP contribution is 2.54. The van der Waals surface area contributed by atoms with Crippen molar-refractivity contribution in [3.05, 3.63) is 68.6 Å². The van der Waals surface area contributed by atoms with Gasteiger partial charge < -0.3 is 9.88 Å². The fourth-order valence-corrected chi connectivity index (χ4v) is 5.47.